The van der Waals surface area contributed by atoms with Crippen LogP contribution >= 0.6 is 0 Å². The van der Waals surface area contributed by atoms with E-state index in [0.29, 0.717) is 18.1 Å². The zero-order valence-electron chi connectivity index (χ0n) is 10.1. The van der Waals surface area contributed by atoms with Crippen LogP contribution in [0.1, 0.15) is 31.9 Å². The molecule has 1 atom stereocenters. The second-order valence-electron chi connectivity index (χ2n) is 4.66. The minimum absolute atomic E-state index is 0.159. The summed E-state index contributed by atoms with van der Waals surface area (Å²) in [7, 11) is 0. The van der Waals surface area contributed by atoms with Gasteiger partial charge in [0, 0.05) is 12.3 Å². The van der Waals surface area contributed by atoms with Gasteiger partial charge in [-0.2, -0.15) is 0 Å². The number of Topliss-reactive ketones (excluding diaryl/α,β-unsaturated/α-hetero) is 1. The van der Waals surface area contributed by atoms with Crippen LogP contribution in [0.4, 0.5) is 0 Å². The lowest BCUT2D eigenvalue weighted by Crippen LogP contribution is -2.18. The number of hydrogen-bond acceptors (Lipinski definition) is 1. The number of benzene rings is 1. The van der Waals surface area contributed by atoms with Crippen LogP contribution in [0.5, 0.6) is 0 Å². The lowest BCUT2D eigenvalue weighted by molar-refractivity contribution is -0.122. The number of aryl methyl sites for hydroxylation is 1. The highest BCUT2D eigenvalue weighted by atomic mass is 16.1. The van der Waals surface area contributed by atoms with Crippen LogP contribution in [0.15, 0.2) is 24.3 Å². The molecule has 82 valence electrons. The third-order valence-corrected chi connectivity index (χ3v) is 3.01. The first kappa shape index (κ1) is 12.0. The van der Waals surface area contributed by atoms with Crippen LogP contribution in [0.25, 0.3) is 0 Å². The van der Waals surface area contributed by atoms with E-state index in [4.69, 9.17) is 0 Å². The van der Waals surface area contributed by atoms with Gasteiger partial charge in [-0.15, -0.1) is 0 Å². The highest BCUT2D eigenvalue weighted by Crippen LogP contribution is 2.14. The molecule has 0 aliphatic rings. The lowest BCUT2D eigenvalue weighted by atomic mass is 9.90. The molecule has 1 unspecified atom stereocenters. The van der Waals surface area contributed by atoms with Crippen molar-refractivity contribution < 1.29 is 4.79 Å². The predicted octanol–water partition coefficient (Wildman–Crippen LogP) is 3.40. The summed E-state index contributed by atoms with van der Waals surface area (Å²) in [6.07, 6.45) is 0.569. The van der Waals surface area contributed by atoms with E-state index in [0.717, 1.165) is 5.56 Å². The molecule has 1 aromatic rings. The minimum atomic E-state index is 0.159. The Morgan fingerprint density at radius 2 is 1.67 bits per heavy atom. The molecule has 0 saturated heterocycles. The molecule has 0 N–H and O–H groups in total. The molecule has 0 aromatic heterocycles. The van der Waals surface area contributed by atoms with Gasteiger partial charge in [0.15, 0.2) is 0 Å². The molecule has 1 nitrogen and oxygen atoms in total. The standard InChI is InChI=1S/C14H20O/c1-10(2)12(4)14(15)9-13-7-5-11(3)6-8-13/h5-8,10,12H,9H2,1-4H3. The van der Waals surface area contributed by atoms with Gasteiger partial charge in [0.2, 0.25) is 0 Å². The van der Waals surface area contributed by atoms with Crippen molar-refractivity contribution >= 4 is 5.78 Å². The van der Waals surface area contributed by atoms with Crippen molar-refractivity contribution in [1.82, 2.24) is 0 Å². The third-order valence-electron chi connectivity index (χ3n) is 3.01. The fourth-order valence-corrected chi connectivity index (χ4v) is 1.44. The fraction of sp³-hybridized carbons (Fsp3) is 0.500. The molecule has 0 fully saturated rings. The maximum atomic E-state index is 11.8. The second kappa shape index (κ2) is 5.11. The number of hydrogen-bond donors (Lipinski definition) is 0. The minimum Gasteiger partial charge on any atom is -0.299 e. The van der Waals surface area contributed by atoms with Crippen LogP contribution in [0, 0.1) is 18.8 Å². The first-order valence-electron chi connectivity index (χ1n) is 5.59. The molecule has 1 heteroatoms. The van der Waals surface area contributed by atoms with E-state index in [1.807, 2.05) is 19.1 Å². The van der Waals surface area contributed by atoms with Gasteiger partial charge < -0.3 is 0 Å². The first-order chi connectivity index (χ1) is 7.00. The Morgan fingerprint density at radius 1 is 1.13 bits per heavy atom. The van der Waals surface area contributed by atoms with Gasteiger partial charge in [0.25, 0.3) is 0 Å². The van der Waals surface area contributed by atoms with E-state index < -0.39 is 0 Å². The number of ketones is 1. The Morgan fingerprint density at radius 3 is 2.13 bits per heavy atom. The molecule has 0 aliphatic heterocycles. The SMILES string of the molecule is Cc1ccc(CC(=O)C(C)C(C)C)cc1. The molecule has 0 spiro atoms. The second-order valence-corrected chi connectivity index (χ2v) is 4.66. The summed E-state index contributed by atoms with van der Waals surface area (Å²) in [5, 5.41) is 0. The maximum Gasteiger partial charge on any atom is 0.140 e. The van der Waals surface area contributed by atoms with Gasteiger partial charge in [-0.1, -0.05) is 50.6 Å². The Hall–Kier alpha value is -1.11. The zero-order chi connectivity index (χ0) is 11.4. The van der Waals surface area contributed by atoms with E-state index in [9.17, 15) is 4.79 Å². The molecule has 1 aromatic carbocycles. The van der Waals surface area contributed by atoms with Gasteiger partial charge in [-0.25, -0.2) is 0 Å². The highest BCUT2D eigenvalue weighted by molar-refractivity contribution is 5.83. The maximum absolute atomic E-state index is 11.8. The molecule has 15 heavy (non-hydrogen) atoms. The van der Waals surface area contributed by atoms with Crippen molar-refractivity contribution in [1.29, 1.82) is 0 Å². The quantitative estimate of drug-likeness (QED) is 0.734. The van der Waals surface area contributed by atoms with E-state index >= 15 is 0 Å². The van der Waals surface area contributed by atoms with Crippen molar-refractivity contribution in [2.24, 2.45) is 11.8 Å². The molecular weight excluding hydrogens is 184 g/mol. The van der Waals surface area contributed by atoms with Crippen LogP contribution < -0.4 is 0 Å². The normalized spacial score (nSPS) is 12.9. The number of carbonyl (C=O) groups excluding carboxylic acids is 1. The Kier molecular flexibility index (Phi) is 4.07. The zero-order valence-corrected chi connectivity index (χ0v) is 10.1. The van der Waals surface area contributed by atoms with Gasteiger partial charge in [-0.3, -0.25) is 4.79 Å². The highest BCUT2D eigenvalue weighted by Gasteiger charge is 2.16. The molecule has 0 amide bonds. The van der Waals surface area contributed by atoms with Gasteiger partial charge in [0.05, 0.1) is 0 Å². The van der Waals surface area contributed by atoms with Gasteiger partial charge in [0.1, 0.15) is 5.78 Å². The van der Waals surface area contributed by atoms with Crippen molar-refractivity contribution in [3.8, 4) is 0 Å². The summed E-state index contributed by atoms with van der Waals surface area (Å²) in [4.78, 5) is 11.8. The Labute approximate surface area is 92.5 Å². The third kappa shape index (κ3) is 3.50. The average Bonchev–Trinajstić information content (AvgIpc) is 2.20. The lowest BCUT2D eigenvalue weighted by Gasteiger charge is -2.13. The van der Waals surface area contributed by atoms with Crippen LogP contribution in [0.2, 0.25) is 0 Å². The summed E-state index contributed by atoms with van der Waals surface area (Å²) in [5.41, 5.74) is 2.36. The van der Waals surface area contributed by atoms with Crippen LogP contribution in [-0.4, -0.2) is 5.78 Å². The van der Waals surface area contributed by atoms with Crippen LogP contribution in [0.3, 0.4) is 0 Å². The van der Waals surface area contributed by atoms with E-state index in [1.165, 1.54) is 5.56 Å². The van der Waals surface area contributed by atoms with E-state index in [1.54, 1.807) is 0 Å². The molecule has 1 rings (SSSR count). The molecule has 0 radical (unpaired) electrons. The molecule has 0 saturated carbocycles. The monoisotopic (exact) mass is 204 g/mol. The fourth-order valence-electron chi connectivity index (χ4n) is 1.44. The van der Waals surface area contributed by atoms with Crippen LogP contribution in [-0.2, 0) is 11.2 Å². The van der Waals surface area contributed by atoms with Crippen molar-refractivity contribution in [2.45, 2.75) is 34.1 Å². The van der Waals surface area contributed by atoms with Crippen molar-refractivity contribution in [3.63, 3.8) is 0 Å². The smallest absolute Gasteiger partial charge is 0.140 e. The number of rotatable bonds is 4. The molecule has 0 bridgehead atoms. The topological polar surface area (TPSA) is 17.1 Å². The molecule has 0 heterocycles. The average molecular weight is 204 g/mol. The summed E-state index contributed by atoms with van der Waals surface area (Å²) in [5.74, 6) is 0.933. The molecule has 0 aliphatic carbocycles. The largest absolute Gasteiger partial charge is 0.299 e. The Bertz CT molecular complexity index is 322. The summed E-state index contributed by atoms with van der Waals surface area (Å²) < 4.78 is 0. The Balaban J connectivity index is 2.62. The van der Waals surface area contributed by atoms with Crippen molar-refractivity contribution in [2.75, 3.05) is 0 Å². The van der Waals surface area contributed by atoms with Crippen molar-refractivity contribution in [3.05, 3.63) is 35.4 Å². The van der Waals surface area contributed by atoms with Gasteiger partial charge in [-0.05, 0) is 18.4 Å². The predicted molar refractivity (Wildman–Crippen MR) is 63.9 cm³/mol. The summed E-state index contributed by atoms with van der Waals surface area (Å²) in [6.45, 7) is 8.26. The summed E-state index contributed by atoms with van der Waals surface area (Å²) >= 11 is 0. The van der Waals surface area contributed by atoms with E-state index in [-0.39, 0.29) is 5.92 Å². The van der Waals surface area contributed by atoms with E-state index in [2.05, 4.69) is 32.9 Å². The molecular formula is C14H20O. The van der Waals surface area contributed by atoms with Gasteiger partial charge >= 0.3 is 0 Å². The number of carbonyl (C=O) groups is 1. The summed E-state index contributed by atoms with van der Waals surface area (Å²) in [6, 6.07) is 8.20. The first-order valence-corrected chi connectivity index (χ1v) is 5.59.